The first-order valence-electron chi connectivity index (χ1n) is 22.0. The van der Waals surface area contributed by atoms with Gasteiger partial charge in [0.15, 0.2) is 0 Å². The van der Waals surface area contributed by atoms with Crippen molar-refractivity contribution in [2.75, 3.05) is 38.9 Å². The van der Waals surface area contributed by atoms with Crippen molar-refractivity contribution in [2.24, 2.45) is 0 Å². The van der Waals surface area contributed by atoms with Gasteiger partial charge in [-0.2, -0.15) is 33.7 Å². The summed E-state index contributed by atoms with van der Waals surface area (Å²) in [7, 11) is -17.2. The molecular weight excluding hydrogens is 1010 g/mol. The molecule has 0 aliphatic carbocycles. The van der Waals surface area contributed by atoms with Crippen molar-refractivity contribution in [3.63, 3.8) is 0 Å². The molecule has 2 unspecified atom stereocenters. The molecule has 2 aliphatic rings. The molecule has 4 aromatic rings. The Balaban J connectivity index is 1.50. The number of carbonyl (C=O) groups excluding carboxylic acids is 3. The molecular formula is C47H54N2O18S4. The molecule has 20 nitrogen and oxygen atoms in total. The van der Waals surface area contributed by atoms with Gasteiger partial charge < -0.3 is 19.2 Å². The van der Waals surface area contributed by atoms with Gasteiger partial charge in [0.2, 0.25) is 0 Å². The highest BCUT2D eigenvalue weighted by molar-refractivity contribution is 7.87. The molecule has 6 rings (SSSR count). The summed E-state index contributed by atoms with van der Waals surface area (Å²) < 4.78 is 153. The number of ether oxygens (including phenoxy) is 2. The van der Waals surface area contributed by atoms with Gasteiger partial charge in [0.25, 0.3) is 52.3 Å². The second kappa shape index (κ2) is 20.6. The number of aryl methyl sites for hydroxylation is 1. The predicted octanol–water partition coefficient (Wildman–Crippen LogP) is 6.56. The van der Waals surface area contributed by atoms with E-state index in [4.69, 9.17) is 14.3 Å². The highest BCUT2D eigenvalue weighted by Gasteiger charge is 2.45. The van der Waals surface area contributed by atoms with E-state index in [1.165, 1.54) is 26.4 Å². The summed E-state index contributed by atoms with van der Waals surface area (Å²) in [5.41, 5.74) is 0.543. The Morgan fingerprint density at radius 1 is 0.761 bits per heavy atom. The molecule has 2 aliphatic heterocycles. The van der Waals surface area contributed by atoms with Gasteiger partial charge >= 0.3 is 5.97 Å². The molecule has 2 amide bonds. The Labute approximate surface area is 411 Å². The smallest absolute Gasteiger partial charge is 0.333 e. The van der Waals surface area contributed by atoms with Crippen LogP contribution >= 0.6 is 0 Å². The highest BCUT2D eigenvalue weighted by atomic mass is 32.2. The Kier molecular flexibility index (Phi) is 15.9. The summed E-state index contributed by atoms with van der Waals surface area (Å²) in [5, 5.41) is 0.542. The predicted molar refractivity (Wildman–Crippen MR) is 259 cm³/mol. The number of hydrogen-bond acceptors (Lipinski definition) is 15. The number of allylic oxidation sites excluding steroid dienone is 5. The number of fused-ring (bicyclic) bond motifs is 4. The third kappa shape index (κ3) is 11.3. The first-order chi connectivity index (χ1) is 33.0. The van der Waals surface area contributed by atoms with Gasteiger partial charge in [0, 0.05) is 86.2 Å². The molecule has 0 spiro atoms. The standard InChI is InChI=1S/C47H54N2O18S4/c1-29-14-15-33-35(25-31(68(53,54)55)27-38(33)70(59,60)61)44(29)46(3,20-23-65-5)30(2)11-10-12-40-47(4,21-24-66-6)45-36-26-32(69(56,57)58)28-39(71(62,63)64)34(36)16-17-37(45)48(40)22-9-7-8-13-43(52)67-49-41(50)18-19-42(49)51/h10-12,14-17,25-28H,2,7-9,13,18-24H2,1,3-6H3,(H,53,54,55)(H,56,57,58)(H,59,60,61)(H,62,63,64)/b11-10+,40-12+. The van der Waals surface area contributed by atoms with Crippen LogP contribution in [0.25, 0.3) is 21.5 Å². The lowest BCUT2D eigenvalue weighted by Gasteiger charge is -2.34. The van der Waals surface area contributed by atoms with E-state index in [0.717, 1.165) is 12.1 Å². The van der Waals surface area contributed by atoms with Crippen LogP contribution in [-0.4, -0.2) is 109 Å². The van der Waals surface area contributed by atoms with E-state index in [1.54, 1.807) is 44.2 Å². The summed E-state index contributed by atoms with van der Waals surface area (Å²) in [6.45, 7) is 10.2. The van der Waals surface area contributed by atoms with Crippen LogP contribution in [0, 0.1) is 6.92 Å². The van der Waals surface area contributed by atoms with E-state index in [9.17, 15) is 66.3 Å². The fourth-order valence-corrected chi connectivity index (χ4v) is 12.1. The molecule has 2 heterocycles. The monoisotopic (exact) mass is 1060 g/mol. The number of amides is 2. The Morgan fingerprint density at radius 3 is 1.86 bits per heavy atom. The van der Waals surface area contributed by atoms with Crippen LogP contribution in [0.2, 0.25) is 0 Å². The van der Waals surface area contributed by atoms with Crippen molar-refractivity contribution >= 4 is 85.5 Å². The minimum Gasteiger partial charge on any atom is -0.385 e. The van der Waals surface area contributed by atoms with E-state index < -0.39 is 88.7 Å². The number of hydroxylamine groups is 2. The second-order valence-electron chi connectivity index (χ2n) is 17.7. The van der Waals surface area contributed by atoms with Gasteiger partial charge in [0.1, 0.15) is 9.79 Å². The van der Waals surface area contributed by atoms with Crippen LogP contribution in [0.3, 0.4) is 0 Å². The van der Waals surface area contributed by atoms with E-state index >= 15 is 0 Å². The maximum absolute atomic E-state index is 12.8. The van der Waals surface area contributed by atoms with Gasteiger partial charge in [-0.05, 0) is 109 Å². The molecule has 1 fully saturated rings. The molecule has 0 saturated carbocycles. The molecule has 0 bridgehead atoms. The summed E-state index contributed by atoms with van der Waals surface area (Å²) >= 11 is 0. The topological polar surface area (TPSA) is 303 Å². The summed E-state index contributed by atoms with van der Waals surface area (Å²) in [6, 6.07) is 9.59. The third-order valence-corrected chi connectivity index (χ3v) is 16.5. The zero-order valence-corrected chi connectivity index (χ0v) is 42.6. The molecule has 4 aromatic carbocycles. The second-order valence-corrected chi connectivity index (χ2v) is 23.4. The minimum atomic E-state index is -5.08. The fraction of sp³-hybridized carbons (Fsp3) is 0.383. The number of hydrogen-bond donors (Lipinski definition) is 4. The van der Waals surface area contributed by atoms with Gasteiger partial charge in [-0.25, -0.2) is 4.79 Å². The largest absolute Gasteiger partial charge is 0.385 e. The van der Waals surface area contributed by atoms with Crippen molar-refractivity contribution in [3.8, 4) is 0 Å². The number of imide groups is 1. The van der Waals surface area contributed by atoms with E-state index in [0.29, 0.717) is 63.7 Å². The van der Waals surface area contributed by atoms with Crippen molar-refractivity contribution in [1.29, 1.82) is 0 Å². The third-order valence-electron chi connectivity index (χ3n) is 13.1. The molecule has 71 heavy (non-hydrogen) atoms. The Morgan fingerprint density at radius 2 is 1.31 bits per heavy atom. The molecule has 0 aromatic heterocycles. The van der Waals surface area contributed by atoms with Crippen LogP contribution in [0.15, 0.2) is 104 Å². The average molecular weight is 1060 g/mol. The number of rotatable bonds is 21. The summed E-state index contributed by atoms with van der Waals surface area (Å²) in [5.74, 6) is -2.00. The maximum atomic E-state index is 12.8. The average Bonchev–Trinajstić information content (AvgIpc) is 3.72. The number of benzene rings is 4. The van der Waals surface area contributed by atoms with Crippen molar-refractivity contribution in [2.45, 2.75) is 103 Å². The lowest BCUT2D eigenvalue weighted by atomic mass is 9.70. The van der Waals surface area contributed by atoms with Gasteiger partial charge in [-0.1, -0.05) is 50.3 Å². The zero-order chi connectivity index (χ0) is 52.6. The Bertz CT molecular complexity index is 3370. The van der Waals surface area contributed by atoms with E-state index in [1.807, 2.05) is 11.8 Å². The minimum absolute atomic E-state index is 0.0356. The SMILES string of the molecule is C=C(/C=C/C=C1/N(CCCCCC(=O)ON2C(=O)CCC2=O)c2ccc3c(S(=O)(=O)O)cc(S(=O)(=O)O)cc3c2C1(C)CCOC)C(C)(CCOC)c1c(C)ccc2c(S(=O)(=O)O)cc(S(=O)(=O)O)cc12. The molecule has 0 radical (unpaired) electrons. The van der Waals surface area contributed by atoms with Crippen LogP contribution < -0.4 is 4.90 Å². The lowest BCUT2D eigenvalue weighted by molar-refractivity contribution is -0.197. The van der Waals surface area contributed by atoms with Crippen molar-refractivity contribution < 1.29 is 80.6 Å². The summed E-state index contributed by atoms with van der Waals surface area (Å²) in [4.78, 5) is 40.4. The van der Waals surface area contributed by atoms with Gasteiger partial charge in [-0.3, -0.25) is 27.8 Å². The van der Waals surface area contributed by atoms with Crippen LogP contribution in [0.5, 0.6) is 0 Å². The van der Waals surface area contributed by atoms with E-state index in [2.05, 4.69) is 6.58 Å². The zero-order valence-electron chi connectivity index (χ0n) is 39.4. The van der Waals surface area contributed by atoms with Crippen LogP contribution in [-0.2, 0) is 80.0 Å². The normalized spacial score (nSPS) is 18.3. The Hall–Kier alpha value is -5.41. The number of carbonyl (C=O) groups is 3. The quantitative estimate of drug-likeness (QED) is 0.0297. The van der Waals surface area contributed by atoms with Gasteiger partial charge in [-0.15, -0.1) is 5.06 Å². The number of anilines is 1. The molecule has 2 atom stereocenters. The molecule has 384 valence electrons. The molecule has 1 saturated heterocycles. The number of nitrogens with zero attached hydrogens (tertiary/aromatic N) is 2. The molecule has 24 heteroatoms. The van der Waals surface area contributed by atoms with Crippen LogP contribution in [0.4, 0.5) is 5.69 Å². The number of methoxy groups -OCH3 is 2. The first-order valence-corrected chi connectivity index (χ1v) is 27.7. The maximum Gasteiger partial charge on any atom is 0.333 e. The lowest BCUT2D eigenvalue weighted by Crippen LogP contribution is -2.32. The molecule has 4 N–H and O–H groups in total. The van der Waals surface area contributed by atoms with Crippen molar-refractivity contribution in [1.82, 2.24) is 5.06 Å². The fourth-order valence-electron chi connectivity index (χ4n) is 9.45. The number of unbranched alkanes of at least 4 members (excludes halogenated alkanes) is 2. The van der Waals surface area contributed by atoms with Gasteiger partial charge in [0.05, 0.1) is 9.79 Å². The van der Waals surface area contributed by atoms with Crippen LogP contribution in [0.1, 0.15) is 81.9 Å². The first kappa shape index (κ1) is 54.9. The highest BCUT2D eigenvalue weighted by Crippen LogP contribution is 2.54. The van der Waals surface area contributed by atoms with E-state index in [-0.39, 0.29) is 79.8 Å². The summed E-state index contributed by atoms with van der Waals surface area (Å²) in [6.07, 6.45) is 6.37. The van der Waals surface area contributed by atoms with Crippen molar-refractivity contribution in [3.05, 3.63) is 101 Å².